The van der Waals surface area contributed by atoms with E-state index in [-0.39, 0.29) is 0 Å². The summed E-state index contributed by atoms with van der Waals surface area (Å²) < 4.78 is 10.8. The Labute approximate surface area is 133 Å². The Kier molecular flexibility index (Phi) is 8.58. The second-order valence-electron chi connectivity index (χ2n) is 5.83. The zero-order valence-electron chi connectivity index (χ0n) is 14.3. The fourth-order valence-electron chi connectivity index (χ4n) is 1.94. The highest BCUT2D eigenvalue weighted by molar-refractivity contribution is 5.66. The topological polar surface area (TPSA) is 82.3 Å². The molecular formula is C16H30N4O2. The van der Waals surface area contributed by atoms with Gasteiger partial charge in [0.15, 0.2) is 11.6 Å². The summed E-state index contributed by atoms with van der Waals surface area (Å²) in [7, 11) is 1.62. The monoisotopic (exact) mass is 310 g/mol. The quantitative estimate of drug-likeness (QED) is 0.611. The first-order valence-corrected chi connectivity index (χ1v) is 8.10. The van der Waals surface area contributed by atoms with Gasteiger partial charge < -0.3 is 20.5 Å². The van der Waals surface area contributed by atoms with Gasteiger partial charge in [0.2, 0.25) is 5.88 Å². The first kappa shape index (κ1) is 18.5. The van der Waals surface area contributed by atoms with Gasteiger partial charge in [-0.05, 0) is 12.3 Å². The van der Waals surface area contributed by atoms with Crippen LogP contribution in [0, 0.1) is 5.92 Å². The number of nitrogens with two attached hydrogens (primary N) is 1. The van der Waals surface area contributed by atoms with Crippen molar-refractivity contribution in [1.82, 2.24) is 9.97 Å². The molecule has 0 spiro atoms. The van der Waals surface area contributed by atoms with E-state index < -0.39 is 0 Å². The van der Waals surface area contributed by atoms with Crippen LogP contribution in [-0.2, 0) is 11.3 Å². The Morgan fingerprint density at radius 2 is 1.95 bits per heavy atom. The normalized spacial score (nSPS) is 11.0. The molecule has 0 aliphatic carbocycles. The van der Waals surface area contributed by atoms with Gasteiger partial charge in [0, 0.05) is 13.7 Å². The van der Waals surface area contributed by atoms with Gasteiger partial charge in [0.05, 0.1) is 6.61 Å². The number of hydrogen-bond acceptors (Lipinski definition) is 6. The molecule has 3 N–H and O–H groups in total. The summed E-state index contributed by atoms with van der Waals surface area (Å²) in [5.74, 6) is 2.06. The van der Waals surface area contributed by atoms with E-state index in [1.807, 2.05) is 0 Å². The number of nitrogens with one attached hydrogen (secondary N) is 1. The second-order valence-corrected chi connectivity index (χ2v) is 5.83. The van der Waals surface area contributed by atoms with Gasteiger partial charge in [-0.1, -0.05) is 40.0 Å². The number of nitrogen functional groups attached to an aromatic ring is 1. The summed E-state index contributed by atoms with van der Waals surface area (Å²) in [4.78, 5) is 8.74. The molecule has 0 aliphatic rings. The number of hydrogen-bond donors (Lipinski definition) is 2. The van der Waals surface area contributed by atoms with Crippen LogP contribution in [-0.4, -0.2) is 30.2 Å². The molecule has 6 nitrogen and oxygen atoms in total. The molecule has 6 heteroatoms. The minimum atomic E-state index is 0.336. The van der Waals surface area contributed by atoms with Gasteiger partial charge in [-0.2, -0.15) is 4.98 Å². The Morgan fingerprint density at radius 3 is 2.59 bits per heavy atom. The first-order chi connectivity index (χ1) is 10.6. The van der Waals surface area contributed by atoms with E-state index in [9.17, 15) is 0 Å². The molecule has 1 rings (SSSR count). The number of anilines is 2. The summed E-state index contributed by atoms with van der Waals surface area (Å²) in [5.41, 5.74) is 6.59. The lowest BCUT2D eigenvalue weighted by molar-refractivity contribution is 0.176. The molecule has 0 bridgehead atoms. The number of nitrogens with zero attached hydrogens (tertiary/aromatic N) is 2. The molecule has 1 aromatic rings. The summed E-state index contributed by atoms with van der Waals surface area (Å²) in [6.45, 7) is 8.12. The van der Waals surface area contributed by atoms with Gasteiger partial charge in [-0.25, -0.2) is 4.98 Å². The lowest BCUT2D eigenvalue weighted by Crippen LogP contribution is -2.14. The molecule has 0 saturated carbocycles. The highest BCUT2D eigenvalue weighted by Crippen LogP contribution is 2.26. The molecule has 0 radical (unpaired) electrons. The van der Waals surface area contributed by atoms with Gasteiger partial charge in [0.25, 0.3) is 0 Å². The van der Waals surface area contributed by atoms with Crippen molar-refractivity contribution < 1.29 is 9.47 Å². The van der Waals surface area contributed by atoms with Crippen LogP contribution in [0.1, 0.15) is 52.3 Å². The van der Waals surface area contributed by atoms with Gasteiger partial charge in [-0.3, -0.25) is 0 Å². The van der Waals surface area contributed by atoms with Gasteiger partial charge >= 0.3 is 0 Å². The highest BCUT2D eigenvalue weighted by Gasteiger charge is 2.13. The van der Waals surface area contributed by atoms with Crippen LogP contribution >= 0.6 is 0 Å². The van der Waals surface area contributed by atoms with Crippen LogP contribution in [0.4, 0.5) is 11.5 Å². The third-order valence-electron chi connectivity index (χ3n) is 3.11. The first-order valence-electron chi connectivity index (χ1n) is 8.10. The maximum Gasteiger partial charge on any atom is 0.242 e. The van der Waals surface area contributed by atoms with Crippen molar-refractivity contribution in [2.75, 3.05) is 31.3 Å². The van der Waals surface area contributed by atoms with Crippen LogP contribution in [0.25, 0.3) is 0 Å². The predicted octanol–water partition coefficient (Wildman–Crippen LogP) is 3.23. The van der Waals surface area contributed by atoms with Gasteiger partial charge in [-0.15, -0.1) is 0 Å². The Bertz CT molecular complexity index is 438. The second kappa shape index (κ2) is 10.2. The fraction of sp³-hybridized carbons (Fsp3) is 0.750. The molecule has 0 fully saturated rings. The summed E-state index contributed by atoms with van der Waals surface area (Å²) in [6.07, 6.45) is 4.77. The number of ether oxygens (including phenoxy) is 2. The molecule has 0 saturated heterocycles. The van der Waals surface area contributed by atoms with Crippen LogP contribution in [0.5, 0.6) is 5.88 Å². The number of methoxy groups -OCH3 is 1. The highest BCUT2D eigenvalue weighted by atomic mass is 16.5. The van der Waals surface area contributed by atoms with E-state index >= 15 is 0 Å². The molecule has 1 aromatic heterocycles. The van der Waals surface area contributed by atoms with Gasteiger partial charge in [0.1, 0.15) is 12.3 Å². The standard InChI is InChI=1S/C16H30N4O2/c1-5-6-7-8-9-18-15-14(17)16(22-10-12(2)3)20-13(19-15)11-21-4/h12H,5-11,17H2,1-4H3,(H,18,19,20). The molecule has 22 heavy (non-hydrogen) atoms. The van der Waals surface area contributed by atoms with E-state index in [0.717, 1.165) is 13.0 Å². The zero-order valence-corrected chi connectivity index (χ0v) is 14.3. The molecule has 0 aromatic carbocycles. The lowest BCUT2D eigenvalue weighted by atomic mass is 10.2. The van der Waals surface area contributed by atoms with Crippen molar-refractivity contribution in [3.63, 3.8) is 0 Å². The molecule has 0 aliphatic heterocycles. The van der Waals surface area contributed by atoms with Crippen molar-refractivity contribution in [3.8, 4) is 5.88 Å². The summed E-state index contributed by atoms with van der Waals surface area (Å²) in [5, 5.41) is 3.29. The zero-order chi connectivity index (χ0) is 16.4. The van der Waals surface area contributed by atoms with Crippen molar-refractivity contribution in [2.24, 2.45) is 5.92 Å². The summed E-state index contributed by atoms with van der Waals surface area (Å²) >= 11 is 0. The molecule has 1 heterocycles. The average molecular weight is 310 g/mol. The van der Waals surface area contributed by atoms with E-state index in [4.69, 9.17) is 15.2 Å². The van der Waals surface area contributed by atoms with E-state index in [2.05, 4.69) is 36.1 Å². The van der Waals surface area contributed by atoms with Crippen LogP contribution < -0.4 is 15.8 Å². The third kappa shape index (κ3) is 6.47. The molecular weight excluding hydrogens is 280 g/mol. The number of unbranched alkanes of at least 4 members (excludes halogenated alkanes) is 3. The SMILES string of the molecule is CCCCCCNc1nc(COC)nc(OCC(C)C)c1N. The Hall–Kier alpha value is -1.56. The van der Waals surface area contributed by atoms with Crippen molar-refractivity contribution in [2.45, 2.75) is 53.1 Å². The van der Waals surface area contributed by atoms with Crippen molar-refractivity contribution in [3.05, 3.63) is 5.82 Å². The number of rotatable bonds is 11. The third-order valence-corrected chi connectivity index (χ3v) is 3.11. The molecule has 0 unspecified atom stereocenters. The van der Waals surface area contributed by atoms with Crippen molar-refractivity contribution >= 4 is 11.5 Å². The average Bonchev–Trinajstić information content (AvgIpc) is 2.48. The van der Waals surface area contributed by atoms with E-state index in [1.165, 1.54) is 19.3 Å². The Morgan fingerprint density at radius 1 is 1.18 bits per heavy atom. The largest absolute Gasteiger partial charge is 0.476 e. The maximum absolute atomic E-state index is 6.12. The molecule has 126 valence electrons. The molecule has 0 atom stereocenters. The minimum Gasteiger partial charge on any atom is -0.476 e. The maximum atomic E-state index is 6.12. The van der Waals surface area contributed by atoms with Crippen molar-refractivity contribution in [1.29, 1.82) is 0 Å². The summed E-state index contributed by atoms with van der Waals surface area (Å²) in [6, 6.07) is 0. The van der Waals surface area contributed by atoms with E-state index in [1.54, 1.807) is 7.11 Å². The van der Waals surface area contributed by atoms with Crippen LogP contribution in [0.3, 0.4) is 0 Å². The lowest BCUT2D eigenvalue weighted by Gasteiger charge is -2.15. The van der Waals surface area contributed by atoms with E-state index in [0.29, 0.717) is 42.3 Å². The predicted molar refractivity (Wildman–Crippen MR) is 90.1 cm³/mol. The number of aromatic nitrogens is 2. The van der Waals surface area contributed by atoms with Crippen LogP contribution in [0.15, 0.2) is 0 Å². The Balaban J connectivity index is 2.75. The smallest absolute Gasteiger partial charge is 0.242 e. The fourth-order valence-corrected chi connectivity index (χ4v) is 1.94. The van der Waals surface area contributed by atoms with Crippen LogP contribution in [0.2, 0.25) is 0 Å². The minimum absolute atomic E-state index is 0.336. The molecule has 0 amide bonds.